The van der Waals surface area contributed by atoms with Crippen LogP contribution in [0.4, 0.5) is 11.4 Å². The number of hydrogen-bond donors (Lipinski definition) is 1. The Morgan fingerprint density at radius 2 is 1.94 bits per heavy atom. The zero-order valence-electron chi connectivity index (χ0n) is 18.7. The Morgan fingerprint density at radius 3 is 2.73 bits per heavy atom. The zero-order chi connectivity index (χ0) is 23.3. The van der Waals surface area contributed by atoms with Gasteiger partial charge in [0.25, 0.3) is 0 Å². The molecular formula is C23H29N3O5S2. The molecule has 178 valence electrons. The first-order valence-corrected chi connectivity index (χ1v) is 13.5. The summed E-state index contributed by atoms with van der Waals surface area (Å²) in [5.74, 6) is 1.22. The molecule has 0 spiro atoms. The van der Waals surface area contributed by atoms with Gasteiger partial charge in [0.15, 0.2) is 0 Å². The number of rotatable bonds is 7. The fraction of sp³-hybridized carbons (Fsp3) is 0.435. The van der Waals surface area contributed by atoms with Crippen molar-refractivity contribution < 1.29 is 22.7 Å². The van der Waals surface area contributed by atoms with E-state index in [0.29, 0.717) is 44.3 Å². The fourth-order valence-corrected chi connectivity index (χ4v) is 6.36. The van der Waals surface area contributed by atoms with Gasteiger partial charge >= 0.3 is 0 Å². The van der Waals surface area contributed by atoms with Crippen LogP contribution in [0, 0.1) is 0 Å². The first kappa shape index (κ1) is 23.9. The third kappa shape index (κ3) is 5.63. The van der Waals surface area contributed by atoms with Crippen molar-refractivity contribution in [2.45, 2.75) is 23.1 Å². The number of carbonyl (C=O) groups excluding carboxylic acids is 1. The van der Waals surface area contributed by atoms with Crippen LogP contribution in [-0.4, -0.2) is 70.4 Å². The van der Waals surface area contributed by atoms with Crippen LogP contribution in [0.1, 0.15) is 13.3 Å². The molecule has 1 amide bonds. The fourth-order valence-electron chi connectivity index (χ4n) is 3.91. The molecule has 0 aromatic heterocycles. The number of fused-ring (bicyclic) bond motifs is 1. The highest BCUT2D eigenvalue weighted by atomic mass is 32.2. The van der Waals surface area contributed by atoms with E-state index in [4.69, 9.17) is 9.47 Å². The summed E-state index contributed by atoms with van der Waals surface area (Å²) in [5.41, 5.74) is 1.40. The van der Waals surface area contributed by atoms with Gasteiger partial charge in [-0.1, -0.05) is 12.1 Å². The molecule has 1 saturated heterocycles. The molecule has 0 unspecified atom stereocenters. The summed E-state index contributed by atoms with van der Waals surface area (Å²) in [5, 5.41) is 2.89. The Hall–Kier alpha value is -2.27. The minimum atomic E-state index is -3.69. The van der Waals surface area contributed by atoms with Gasteiger partial charge in [-0.25, -0.2) is 8.42 Å². The number of para-hydroxylation sites is 1. The van der Waals surface area contributed by atoms with Crippen molar-refractivity contribution in [2.75, 3.05) is 62.0 Å². The number of morpholine rings is 1. The summed E-state index contributed by atoms with van der Waals surface area (Å²) >= 11 is 1.80. The van der Waals surface area contributed by atoms with E-state index in [-0.39, 0.29) is 17.3 Å². The number of ether oxygens (including phenoxy) is 2. The van der Waals surface area contributed by atoms with E-state index in [1.54, 1.807) is 17.8 Å². The summed E-state index contributed by atoms with van der Waals surface area (Å²) in [4.78, 5) is 16.4. The first-order chi connectivity index (χ1) is 16.0. The highest BCUT2D eigenvalue weighted by Gasteiger charge is 2.27. The summed E-state index contributed by atoms with van der Waals surface area (Å²) in [7, 11) is -3.69. The van der Waals surface area contributed by atoms with Gasteiger partial charge in [0.05, 0.1) is 42.6 Å². The van der Waals surface area contributed by atoms with Gasteiger partial charge in [-0.05, 0) is 49.4 Å². The van der Waals surface area contributed by atoms with E-state index >= 15 is 0 Å². The molecule has 1 N–H and O–H groups in total. The molecule has 33 heavy (non-hydrogen) atoms. The van der Waals surface area contributed by atoms with Gasteiger partial charge < -0.3 is 19.7 Å². The van der Waals surface area contributed by atoms with Crippen LogP contribution in [0.5, 0.6) is 5.75 Å². The van der Waals surface area contributed by atoms with Crippen molar-refractivity contribution in [3.63, 3.8) is 0 Å². The number of anilines is 2. The number of hydrogen-bond acceptors (Lipinski definition) is 7. The van der Waals surface area contributed by atoms with Crippen molar-refractivity contribution in [1.82, 2.24) is 4.31 Å². The Morgan fingerprint density at radius 1 is 1.15 bits per heavy atom. The summed E-state index contributed by atoms with van der Waals surface area (Å²) in [6.45, 7) is 4.55. The molecule has 4 rings (SSSR count). The molecule has 0 radical (unpaired) electrons. The lowest BCUT2D eigenvalue weighted by molar-refractivity contribution is -0.115. The maximum Gasteiger partial charge on any atom is 0.243 e. The number of carbonyl (C=O) groups is 1. The van der Waals surface area contributed by atoms with E-state index in [0.717, 1.165) is 29.3 Å². The van der Waals surface area contributed by atoms with Crippen molar-refractivity contribution in [2.24, 2.45) is 0 Å². The second-order valence-corrected chi connectivity index (χ2v) is 10.8. The molecule has 8 nitrogen and oxygen atoms in total. The molecular weight excluding hydrogens is 462 g/mol. The van der Waals surface area contributed by atoms with Gasteiger partial charge in [-0.3, -0.25) is 4.79 Å². The monoisotopic (exact) mass is 491 g/mol. The number of thioether (sulfide) groups is 1. The summed E-state index contributed by atoms with van der Waals surface area (Å²) in [6.07, 6.45) is 0.976. The molecule has 0 saturated carbocycles. The number of nitrogens with one attached hydrogen (secondary N) is 1. The Balaban J connectivity index is 1.55. The van der Waals surface area contributed by atoms with E-state index in [2.05, 4.69) is 16.3 Å². The maximum atomic E-state index is 13.1. The molecule has 2 aromatic rings. The lowest BCUT2D eigenvalue weighted by Gasteiger charge is -2.26. The normalized spacial score (nSPS) is 17.2. The predicted molar refractivity (Wildman–Crippen MR) is 130 cm³/mol. The SMILES string of the molecule is CCOc1ccc(S(=O)(=O)N2CCOCC2)cc1NC(=O)CN1CCCSc2ccccc21. The van der Waals surface area contributed by atoms with Gasteiger partial charge in [-0.15, -0.1) is 11.8 Å². The van der Waals surface area contributed by atoms with Crippen LogP contribution in [0.25, 0.3) is 0 Å². The first-order valence-electron chi connectivity index (χ1n) is 11.1. The Labute approximate surface area is 199 Å². The highest BCUT2D eigenvalue weighted by Crippen LogP contribution is 2.34. The standard InChI is InChI=1S/C23H29N3O5S2/c1-2-31-21-9-8-18(33(28,29)26-11-13-30-14-12-26)16-19(21)24-23(27)17-25-10-5-15-32-22-7-4-3-6-20(22)25/h3-4,6-9,16H,2,5,10-15,17H2,1H3,(H,24,27). The van der Waals surface area contributed by atoms with Crippen molar-refractivity contribution in [3.05, 3.63) is 42.5 Å². The van der Waals surface area contributed by atoms with E-state index in [1.165, 1.54) is 16.4 Å². The van der Waals surface area contributed by atoms with Gasteiger partial charge in [-0.2, -0.15) is 4.31 Å². The molecule has 2 heterocycles. The number of nitrogens with zero attached hydrogens (tertiary/aromatic N) is 2. The summed E-state index contributed by atoms with van der Waals surface area (Å²) in [6, 6.07) is 12.7. The molecule has 2 aromatic carbocycles. The van der Waals surface area contributed by atoms with Crippen LogP contribution in [0.2, 0.25) is 0 Å². The number of amides is 1. The highest BCUT2D eigenvalue weighted by molar-refractivity contribution is 7.99. The van der Waals surface area contributed by atoms with Gasteiger partial charge in [0.1, 0.15) is 5.75 Å². The molecule has 0 aliphatic carbocycles. The molecule has 10 heteroatoms. The van der Waals surface area contributed by atoms with E-state index in [9.17, 15) is 13.2 Å². The topological polar surface area (TPSA) is 88.2 Å². The third-order valence-corrected chi connectivity index (χ3v) is 8.55. The molecule has 0 atom stereocenters. The molecule has 1 fully saturated rings. The van der Waals surface area contributed by atoms with E-state index in [1.807, 2.05) is 25.1 Å². The van der Waals surface area contributed by atoms with E-state index < -0.39 is 10.0 Å². The predicted octanol–water partition coefficient (Wildman–Crippen LogP) is 3.05. The van der Waals surface area contributed by atoms with Crippen LogP contribution in [-0.2, 0) is 19.6 Å². The number of sulfonamides is 1. The lowest BCUT2D eigenvalue weighted by Crippen LogP contribution is -2.40. The lowest BCUT2D eigenvalue weighted by atomic mass is 10.2. The van der Waals surface area contributed by atoms with Crippen LogP contribution >= 0.6 is 11.8 Å². The van der Waals surface area contributed by atoms with Crippen molar-refractivity contribution in [1.29, 1.82) is 0 Å². The largest absolute Gasteiger partial charge is 0.492 e. The van der Waals surface area contributed by atoms with Crippen molar-refractivity contribution in [3.8, 4) is 5.75 Å². The number of benzene rings is 2. The van der Waals surface area contributed by atoms with Crippen molar-refractivity contribution >= 4 is 39.1 Å². The second-order valence-electron chi connectivity index (χ2n) is 7.75. The average Bonchev–Trinajstić information content (AvgIpc) is 3.03. The van der Waals surface area contributed by atoms with Crippen LogP contribution in [0.3, 0.4) is 0 Å². The van der Waals surface area contributed by atoms with Gasteiger partial charge in [0.2, 0.25) is 15.9 Å². The Kier molecular flexibility index (Phi) is 7.79. The smallest absolute Gasteiger partial charge is 0.243 e. The minimum Gasteiger partial charge on any atom is -0.492 e. The maximum absolute atomic E-state index is 13.1. The molecule has 2 aliphatic rings. The molecule has 2 aliphatic heterocycles. The zero-order valence-corrected chi connectivity index (χ0v) is 20.3. The van der Waals surface area contributed by atoms with Gasteiger partial charge in [0, 0.05) is 24.5 Å². The quantitative estimate of drug-likeness (QED) is 0.637. The second kappa shape index (κ2) is 10.8. The third-order valence-electron chi connectivity index (χ3n) is 5.50. The minimum absolute atomic E-state index is 0.125. The Bertz CT molecular complexity index is 1090. The van der Waals surface area contributed by atoms with Crippen LogP contribution < -0.4 is 15.0 Å². The average molecular weight is 492 g/mol. The van der Waals surface area contributed by atoms with Crippen LogP contribution in [0.15, 0.2) is 52.3 Å². The summed E-state index contributed by atoms with van der Waals surface area (Å²) < 4.78 is 38.5. The molecule has 0 bridgehead atoms.